The zero-order valence-corrected chi connectivity index (χ0v) is 19.8. The Kier molecular flexibility index (Phi) is 9.37. The average molecular weight is 718 g/mol. The highest BCUT2D eigenvalue weighted by Crippen LogP contribution is 2.67. The summed E-state index contributed by atoms with van der Waals surface area (Å²) in [6.07, 6.45) is -8.11. The summed E-state index contributed by atoms with van der Waals surface area (Å²) < 4.78 is 303. The average Bonchev–Trinajstić information content (AvgIpc) is 2.63. The molecule has 0 saturated carbocycles. The van der Waals surface area contributed by atoms with Gasteiger partial charge in [-0.25, -0.2) is 0 Å². The highest BCUT2D eigenvalue weighted by Gasteiger charge is 2.98. The summed E-state index contributed by atoms with van der Waals surface area (Å²) in [7, 11) is 0. The van der Waals surface area contributed by atoms with Crippen LogP contribution in [0.1, 0.15) is 0 Å². The van der Waals surface area contributed by atoms with Crippen molar-refractivity contribution in [1.29, 1.82) is 0 Å². The van der Waals surface area contributed by atoms with Crippen LogP contribution in [0.25, 0.3) is 0 Å². The first-order valence-electron chi connectivity index (χ1n) is 8.12. The second kappa shape index (κ2) is 9.49. The molecule has 0 nitrogen and oxygen atoms in total. The van der Waals surface area contributed by atoms with Crippen LogP contribution in [0, 0.1) is 0 Å². The van der Waals surface area contributed by atoms with Crippen molar-refractivity contribution in [3.05, 3.63) is 0 Å². The van der Waals surface area contributed by atoms with Crippen LogP contribution in [0.2, 0.25) is 6.04 Å². The standard InChI is InChI=1S/C12H2Cl3F23Si/c13-39(14,15)1-2(16,17)3(18,19)4(20,21)5(22,23)6(24,25)7(26,27)8(28,29)9(30,31)10(32,33)11(34,35)12(36,37)38/h1H2. The van der Waals surface area contributed by atoms with E-state index in [9.17, 15) is 101 Å². The molecule has 0 fully saturated rings. The lowest BCUT2D eigenvalue weighted by atomic mass is 9.85. The largest absolute Gasteiger partial charge is 0.460 e. The van der Waals surface area contributed by atoms with Crippen molar-refractivity contribution in [3.8, 4) is 0 Å². The van der Waals surface area contributed by atoms with E-state index in [4.69, 9.17) is 0 Å². The van der Waals surface area contributed by atoms with Crippen LogP contribution in [0.5, 0.6) is 0 Å². The Balaban J connectivity index is 7.21. The SMILES string of the molecule is FC(F)(F)C(F)(F)C(F)(F)C(F)(F)C(F)(F)C(F)(F)C(F)(F)C(F)(F)C(F)(F)C(F)(F)C(F)(F)C[Si](Cl)(Cl)Cl. The molecule has 0 bridgehead atoms. The first-order chi connectivity index (χ1) is 16.2. The van der Waals surface area contributed by atoms with Crippen LogP contribution in [0.4, 0.5) is 101 Å². The molecule has 0 aromatic carbocycles. The van der Waals surface area contributed by atoms with E-state index in [1.165, 1.54) is 0 Å². The number of alkyl halides is 23. The summed E-state index contributed by atoms with van der Waals surface area (Å²) in [6, 6.07) is -8.66. The molecule has 0 aliphatic heterocycles. The van der Waals surface area contributed by atoms with Gasteiger partial charge in [0.05, 0.1) is 6.04 Å². The molecule has 27 heteroatoms. The fourth-order valence-electron chi connectivity index (χ4n) is 2.15. The predicted molar refractivity (Wildman–Crippen MR) is 83.6 cm³/mol. The van der Waals surface area contributed by atoms with Gasteiger partial charge < -0.3 is 0 Å². The zero-order chi connectivity index (χ0) is 32.7. The third-order valence-electron chi connectivity index (χ3n) is 4.39. The lowest BCUT2D eigenvalue weighted by Gasteiger charge is -2.45. The molecule has 0 unspecified atom stereocenters. The Morgan fingerprint density at radius 2 is 0.487 bits per heavy atom. The minimum absolute atomic E-state index is 3.24. The summed E-state index contributed by atoms with van der Waals surface area (Å²) in [5.74, 6) is -88.2. The van der Waals surface area contributed by atoms with E-state index in [1.807, 2.05) is 0 Å². The Morgan fingerprint density at radius 1 is 0.308 bits per heavy atom. The quantitative estimate of drug-likeness (QED) is 0.114. The minimum atomic E-state index is -9.43. The van der Waals surface area contributed by atoms with E-state index in [0.29, 0.717) is 0 Å². The highest BCUT2D eigenvalue weighted by molar-refractivity contribution is 7.64. The van der Waals surface area contributed by atoms with Gasteiger partial charge in [0.1, 0.15) is 0 Å². The van der Waals surface area contributed by atoms with Gasteiger partial charge >= 0.3 is 71.4 Å². The number of rotatable bonds is 11. The normalized spacial score (nSPS) is 17.1. The first kappa shape index (κ1) is 38.5. The van der Waals surface area contributed by atoms with Crippen LogP contribution in [0.15, 0.2) is 0 Å². The van der Waals surface area contributed by atoms with Crippen molar-refractivity contribution in [1.82, 2.24) is 0 Å². The van der Waals surface area contributed by atoms with Crippen molar-refractivity contribution in [2.45, 2.75) is 71.4 Å². The number of halogens is 26. The van der Waals surface area contributed by atoms with Crippen molar-refractivity contribution in [2.75, 3.05) is 0 Å². The van der Waals surface area contributed by atoms with Crippen LogP contribution in [-0.2, 0) is 0 Å². The van der Waals surface area contributed by atoms with Gasteiger partial charge in [-0.3, -0.25) is 0 Å². The van der Waals surface area contributed by atoms with Crippen molar-refractivity contribution < 1.29 is 101 Å². The lowest BCUT2D eigenvalue weighted by Crippen LogP contribution is -2.77. The summed E-state index contributed by atoms with van der Waals surface area (Å²) >= 11 is 13.9. The molecular formula is C12H2Cl3F23Si. The predicted octanol–water partition coefficient (Wildman–Crippen LogP) is 9.56. The molecule has 0 atom stereocenters. The van der Waals surface area contributed by atoms with Crippen molar-refractivity contribution in [2.24, 2.45) is 0 Å². The minimum Gasteiger partial charge on any atom is -0.200 e. The van der Waals surface area contributed by atoms with Gasteiger partial charge in [0.2, 0.25) is 0 Å². The first-order valence-corrected chi connectivity index (χ1v) is 13.4. The Morgan fingerprint density at radius 3 is 0.667 bits per heavy atom. The Labute approximate surface area is 212 Å². The van der Waals surface area contributed by atoms with Gasteiger partial charge in [0.15, 0.2) is 0 Å². The third-order valence-corrected chi connectivity index (χ3v) is 6.44. The molecule has 236 valence electrons. The maximum Gasteiger partial charge on any atom is 0.460 e. The molecule has 0 spiro atoms. The molecule has 0 heterocycles. The number of hydrogen-bond donors (Lipinski definition) is 0. The molecule has 0 aromatic rings. The lowest BCUT2D eigenvalue weighted by molar-refractivity contribution is -0.478. The fraction of sp³-hybridized carbons (Fsp3) is 1.00. The molecule has 0 radical (unpaired) electrons. The fourth-order valence-corrected chi connectivity index (χ4v) is 4.39. The molecule has 39 heavy (non-hydrogen) atoms. The molecule has 0 amide bonds. The molecule has 0 aliphatic rings. The molecular weight excluding hydrogens is 716 g/mol. The van der Waals surface area contributed by atoms with E-state index < -0.39 is 77.4 Å². The van der Waals surface area contributed by atoms with Gasteiger partial charge in [-0.05, 0) is 0 Å². The van der Waals surface area contributed by atoms with Crippen molar-refractivity contribution >= 4 is 39.2 Å². The molecule has 0 N–H and O–H groups in total. The van der Waals surface area contributed by atoms with Gasteiger partial charge in [0.25, 0.3) is 0 Å². The Bertz CT molecular complexity index is 899. The van der Waals surface area contributed by atoms with E-state index in [1.54, 1.807) is 0 Å². The summed E-state index contributed by atoms with van der Waals surface area (Å²) in [6.45, 7) is 0. The Hall–Kier alpha value is -0.523. The van der Waals surface area contributed by atoms with Crippen LogP contribution in [-0.4, -0.2) is 71.4 Å². The maximum absolute atomic E-state index is 13.6. The summed E-state index contributed by atoms with van der Waals surface area (Å²) in [4.78, 5) is 0. The third kappa shape index (κ3) is 5.17. The molecule has 0 saturated heterocycles. The highest BCUT2D eigenvalue weighted by atomic mass is 35.8. The van der Waals surface area contributed by atoms with Gasteiger partial charge in [-0.1, -0.05) is 0 Å². The smallest absolute Gasteiger partial charge is 0.200 e. The number of hydrogen-bond acceptors (Lipinski definition) is 0. The van der Waals surface area contributed by atoms with E-state index in [-0.39, 0.29) is 0 Å². The molecule has 0 rings (SSSR count). The zero-order valence-electron chi connectivity index (χ0n) is 16.5. The van der Waals surface area contributed by atoms with Gasteiger partial charge in [-0.2, -0.15) is 101 Å². The monoisotopic (exact) mass is 716 g/mol. The van der Waals surface area contributed by atoms with Gasteiger partial charge in [0, 0.05) is 0 Å². The summed E-state index contributed by atoms with van der Waals surface area (Å²) in [5.41, 5.74) is 0. The topological polar surface area (TPSA) is 0 Å². The van der Waals surface area contributed by atoms with E-state index in [0.717, 1.165) is 0 Å². The van der Waals surface area contributed by atoms with E-state index >= 15 is 0 Å². The maximum atomic E-state index is 13.6. The second-order valence-corrected chi connectivity index (χ2v) is 16.3. The van der Waals surface area contributed by atoms with Crippen LogP contribution in [0.3, 0.4) is 0 Å². The van der Waals surface area contributed by atoms with Crippen LogP contribution >= 0.6 is 33.2 Å². The van der Waals surface area contributed by atoms with Crippen molar-refractivity contribution in [3.63, 3.8) is 0 Å². The molecule has 0 aliphatic carbocycles. The summed E-state index contributed by atoms with van der Waals surface area (Å²) in [5, 5.41) is 0. The second-order valence-electron chi connectivity index (χ2n) is 7.16. The van der Waals surface area contributed by atoms with Gasteiger partial charge in [-0.15, -0.1) is 33.2 Å². The van der Waals surface area contributed by atoms with E-state index in [2.05, 4.69) is 33.2 Å². The molecule has 0 aromatic heterocycles. The van der Waals surface area contributed by atoms with Crippen LogP contribution < -0.4 is 0 Å².